The summed E-state index contributed by atoms with van der Waals surface area (Å²) in [5.41, 5.74) is 8.44. The van der Waals surface area contributed by atoms with Gasteiger partial charge in [0.25, 0.3) is 0 Å². The van der Waals surface area contributed by atoms with E-state index in [-0.39, 0.29) is 5.84 Å². The van der Waals surface area contributed by atoms with Crippen LogP contribution < -0.4 is 10.5 Å². The van der Waals surface area contributed by atoms with Crippen LogP contribution in [0.3, 0.4) is 0 Å². The number of nitrogens with one attached hydrogen (secondary N) is 1. The maximum atomic E-state index is 7.28. The molecule has 0 aliphatic rings. The van der Waals surface area contributed by atoms with Gasteiger partial charge < -0.3 is 10.5 Å². The van der Waals surface area contributed by atoms with E-state index in [0.29, 0.717) is 13.0 Å². The van der Waals surface area contributed by atoms with E-state index >= 15 is 0 Å². The molecule has 0 amide bonds. The molecular formula is C15H19BrN4O. The largest absolute Gasteiger partial charge is 0.487 e. The molecule has 1 aromatic carbocycles. The first-order chi connectivity index (χ1) is 10.0. The zero-order valence-electron chi connectivity index (χ0n) is 12.2. The van der Waals surface area contributed by atoms with Crippen LogP contribution in [0.15, 0.2) is 28.7 Å². The first kappa shape index (κ1) is 15.6. The maximum absolute atomic E-state index is 7.28. The molecule has 5 nitrogen and oxygen atoms in total. The van der Waals surface area contributed by atoms with E-state index in [9.17, 15) is 0 Å². The van der Waals surface area contributed by atoms with Crippen LogP contribution in [0.5, 0.6) is 5.75 Å². The lowest BCUT2D eigenvalue weighted by Gasteiger charge is -2.08. The fraction of sp³-hybridized carbons (Fsp3) is 0.333. The fourth-order valence-corrected chi connectivity index (χ4v) is 2.78. The summed E-state index contributed by atoms with van der Waals surface area (Å²) in [5, 5.41) is 11.7. The van der Waals surface area contributed by atoms with Crippen LogP contribution in [-0.4, -0.2) is 15.6 Å². The highest BCUT2D eigenvalue weighted by atomic mass is 79.9. The molecule has 0 unspecified atom stereocenters. The van der Waals surface area contributed by atoms with Crippen molar-refractivity contribution in [3.8, 4) is 5.75 Å². The Morgan fingerprint density at radius 3 is 2.57 bits per heavy atom. The molecule has 2 rings (SSSR count). The van der Waals surface area contributed by atoms with Crippen molar-refractivity contribution >= 4 is 21.8 Å². The highest BCUT2D eigenvalue weighted by Crippen LogP contribution is 2.23. The van der Waals surface area contributed by atoms with Crippen LogP contribution in [0, 0.1) is 5.41 Å². The molecule has 0 saturated carbocycles. The number of hydrogen-bond acceptors (Lipinski definition) is 3. The molecule has 0 aliphatic heterocycles. The molecule has 0 aliphatic carbocycles. The molecule has 2 aromatic rings. The van der Waals surface area contributed by atoms with Gasteiger partial charge in [-0.15, -0.1) is 0 Å². The smallest absolute Gasteiger partial charge is 0.131 e. The van der Waals surface area contributed by atoms with Gasteiger partial charge in [0.15, 0.2) is 0 Å². The summed E-state index contributed by atoms with van der Waals surface area (Å²) < 4.78 is 8.65. The van der Waals surface area contributed by atoms with Gasteiger partial charge in [0, 0.05) is 13.5 Å². The van der Waals surface area contributed by atoms with Crippen molar-refractivity contribution in [1.29, 1.82) is 5.41 Å². The summed E-state index contributed by atoms with van der Waals surface area (Å²) in [4.78, 5) is 0. The number of halogens is 1. The molecule has 0 fully saturated rings. The number of ether oxygens (including phenoxy) is 1. The second kappa shape index (κ2) is 6.76. The zero-order chi connectivity index (χ0) is 15.4. The first-order valence-electron chi connectivity index (χ1n) is 6.76. The van der Waals surface area contributed by atoms with Crippen LogP contribution in [0.25, 0.3) is 0 Å². The average Bonchev–Trinajstić information content (AvgIpc) is 2.72. The van der Waals surface area contributed by atoms with Gasteiger partial charge in [0.2, 0.25) is 0 Å². The summed E-state index contributed by atoms with van der Waals surface area (Å²) in [6.45, 7) is 2.53. The third kappa shape index (κ3) is 3.85. The van der Waals surface area contributed by atoms with Crippen molar-refractivity contribution in [2.75, 3.05) is 0 Å². The molecular weight excluding hydrogens is 332 g/mol. The van der Waals surface area contributed by atoms with Gasteiger partial charge in [-0.25, -0.2) is 0 Å². The van der Waals surface area contributed by atoms with Crippen LogP contribution in [0.4, 0.5) is 0 Å². The Morgan fingerprint density at radius 1 is 1.38 bits per heavy atom. The third-order valence-corrected chi connectivity index (χ3v) is 4.11. The summed E-state index contributed by atoms with van der Waals surface area (Å²) in [6, 6.07) is 7.63. The summed E-state index contributed by atoms with van der Waals surface area (Å²) in [5.74, 6) is 0.947. The maximum Gasteiger partial charge on any atom is 0.131 e. The van der Waals surface area contributed by atoms with Crippen molar-refractivity contribution < 1.29 is 4.74 Å². The van der Waals surface area contributed by atoms with Crippen molar-refractivity contribution in [2.24, 2.45) is 12.8 Å². The Morgan fingerprint density at radius 2 is 2.05 bits per heavy atom. The molecule has 112 valence electrons. The minimum atomic E-state index is 0.162. The Hall–Kier alpha value is -1.82. The number of nitrogens with two attached hydrogens (primary N) is 1. The number of aryl methyl sites for hydroxylation is 2. The third-order valence-electron chi connectivity index (χ3n) is 3.20. The van der Waals surface area contributed by atoms with Gasteiger partial charge in [-0.1, -0.05) is 19.1 Å². The quantitative estimate of drug-likeness (QED) is 0.621. The van der Waals surface area contributed by atoms with Gasteiger partial charge in [0.05, 0.1) is 21.7 Å². The van der Waals surface area contributed by atoms with Crippen molar-refractivity contribution in [3.63, 3.8) is 0 Å². The fourth-order valence-electron chi connectivity index (χ4n) is 2.05. The van der Waals surface area contributed by atoms with Gasteiger partial charge in [-0.05, 0) is 40.0 Å². The number of nitrogens with zero attached hydrogens (tertiary/aromatic N) is 2. The molecule has 21 heavy (non-hydrogen) atoms. The van der Waals surface area contributed by atoms with E-state index < -0.39 is 0 Å². The lowest BCUT2D eigenvalue weighted by atomic mass is 10.1. The minimum absolute atomic E-state index is 0.162. The van der Waals surface area contributed by atoms with Gasteiger partial charge in [-0.3, -0.25) is 10.1 Å². The normalized spacial score (nSPS) is 10.6. The second-order valence-corrected chi connectivity index (χ2v) is 5.61. The summed E-state index contributed by atoms with van der Waals surface area (Å²) in [7, 11) is 1.92. The van der Waals surface area contributed by atoms with Crippen LogP contribution in [0.1, 0.15) is 23.9 Å². The Balaban J connectivity index is 2.03. The van der Waals surface area contributed by atoms with Crippen molar-refractivity contribution in [2.45, 2.75) is 26.4 Å². The van der Waals surface area contributed by atoms with E-state index in [4.69, 9.17) is 15.9 Å². The van der Waals surface area contributed by atoms with E-state index in [1.54, 1.807) is 0 Å². The monoisotopic (exact) mass is 350 g/mol. The molecule has 3 N–H and O–H groups in total. The molecule has 0 radical (unpaired) electrons. The molecule has 1 aromatic heterocycles. The van der Waals surface area contributed by atoms with Crippen molar-refractivity contribution in [3.05, 3.63) is 45.7 Å². The number of hydrogen-bond donors (Lipinski definition) is 2. The molecule has 6 heteroatoms. The Kier molecular flexibility index (Phi) is 5.01. The number of rotatable bonds is 6. The number of aromatic nitrogens is 2. The molecule has 0 atom stereocenters. The lowest BCUT2D eigenvalue weighted by molar-refractivity contribution is 0.294. The Bertz CT molecular complexity index is 634. The van der Waals surface area contributed by atoms with Crippen LogP contribution in [0.2, 0.25) is 0 Å². The van der Waals surface area contributed by atoms with Crippen molar-refractivity contribution in [1.82, 2.24) is 9.78 Å². The topological polar surface area (TPSA) is 76.9 Å². The lowest BCUT2D eigenvalue weighted by Crippen LogP contribution is -2.12. The standard InChI is InChI=1S/C15H19BrN4O/c1-3-12-15(16)13(20(2)19-12)9-21-11-6-4-10(5-7-11)8-14(17)18/h4-7H,3,8-9H2,1-2H3,(H3,17,18). The predicted octanol–water partition coefficient (Wildman–Crippen LogP) is 2.80. The predicted molar refractivity (Wildman–Crippen MR) is 86.7 cm³/mol. The average molecular weight is 351 g/mol. The van der Waals surface area contributed by atoms with Crippen LogP contribution in [-0.2, 0) is 26.5 Å². The number of amidine groups is 1. The first-order valence-corrected chi connectivity index (χ1v) is 7.55. The summed E-state index contributed by atoms with van der Waals surface area (Å²) >= 11 is 3.57. The highest BCUT2D eigenvalue weighted by molar-refractivity contribution is 9.10. The second-order valence-electron chi connectivity index (χ2n) is 4.82. The van der Waals surface area contributed by atoms with Gasteiger partial charge >= 0.3 is 0 Å². The van der Waals surface area contributed by atoms with Gasteiger partial charge in [0.1, 0.15) is 12.4 Å². The summed E-state index contributed by atoms with van der Waals surface area (Å²) in [6.07, 6.45) is 1.35. The van der Waals surface area contributed by atoms with Gasteiger partial charge in [-0.2, -0.15) is 5.10 Å². The number of benzene rings is 1. The van der Waals surface area contributed by atoms with Crippen LogP contribution >= 0.6 is 15.9 Å². The van der Waals surface area contributed by atoms with E-state index in [1.165, 1.54) is 0 Å². The molecule has 0 bridgehead atoms. The SMILES string of the molecule is CCc1nn(C)c(COc2ccc(CC(=N)N)cc2)c1Br. The molecule has 0 spiro atoms. The zero-order valence-corrected chi connectivity index (χ0v) is 13.8. The molecule has 1 heterocycles. The van der Waals surface area contributed by atoms with E-state index in [0.717, 1.165) is 33.6 Å². The van der Waals surface area contributed by atoms with E-state index in [1.807, 2.05) is 36.0 Å². The Labute approximate surface area is 132 Å². The minimum Gasteiger partial charge on any atom is -0.487 e. The molecule has 0 saturated heterocycles. The van der Waals surface area contributed by atoms with E-state index in [2.05, 4.69) is 28.0 Å². The highest BCUT2D eigenvalue weighted by Gasteiger charge is 2.12.